The summed E-state index contributed by atoms with van der Waals surface area (Å²) >= 11 is 11.7. The number of ether oxygens (including phenoxy) is 1. The van der Waals surface area contributed by atoms with Gasteiger partial charge < -0.3 is 9.64 Å². The van der Waals surface area contributed by atoms with Crippen LogP contribution in [0.25, 0.3) is 0 Å². The Morgan fingerprint density at radius 3 is 2.41 bits per heavy atom. The monoisotopic (exact) mass is 276 g/mol. The molecule has 0 spiro atoms. The van der Waals surface area contributed by atoms with Gasteiger partial charge in [-0.3, -0.25) is 10.1 Å². The topological polar surface area (TPSA) is 55.6 Å². The van der Waals surface area contributed by atoms with Crippen LogP contribution in [0.15, 0.2) is 12.1 Å². The highest BCUT2D eigenvalue weighted by molar-refractivity contribution is 6.42. The van der Waals surface area contributed by atoms with Gasteiger partial charge in [0.05, 0.1) is 28.2 Å². The molecule has 0 aliphatic carbocycles. The summed E-state index contributed by atoms with van der Waals surface area (Å²) in [6, 6.07) is 2.82. The number of hydrogen-bond donors (Lipinski definition) is 0. The lowest BCUT2D eigenvalue weighted by Gasteiger charge is -2.28. The second-order valence-electron chi connectivity index (χ2n) is 3.61. The Kier molecular flexibility index (Phi) is 3.71. The molecular weight excluding hydrogens is 267 g/mol. The Morgan fingerprint density at radius 2 is 1.82 bits per heavy atom. The lowest BCUT2D eigenvalue weighted by Crippen LogP contribution is -2.36. The van der Waals surface area contributed by atoms with Gasteiger partial charge in [-0.2, -0.15) is 0 Å². The Labute approximate surface area is 108 Å². The molecule has 1 aromatic rings. The molecule has 1 fully saturated rings. The number of rotatable bonds is 2. The second kappa shape index (κ2) is 5.08. The normalized spacial score (nSPS) is 16.0. The smallest absolute Gasteiger partial charge is 0.294 e. The zero-order valence-corrected chi connectivity index (χ0v) is 10.4. The maximum Gasteiger partial charge on any atom is 0.294 e. The number of nitrogens with zero attached hydrogens (tertiary/aromatic N) is 2. The van der Waals surface area contributed by atoms with E-state index in [4.69, 9.17) is 27.9 Å². The van der Waals surface area contributed by atoms with Gasteiger partial charge in [-0.1, -0.05) is 23.2 Å². The number of anilines is 1. The van der Waals surface area contributed by atoms with Gasteiger partial charge in [0.2, 0.25) is 0 Å². The van der Waals surface area contributed by atoms with Crippen LogP contribution in [0, 0.1) is 10.1 Å². The van der Waals surface area contributed by atoms with E-state index in [0.717, 1.165) is 0 Å². The zero-order chi connectivity index (χ0) is 12.4. The van der Waals surface area contributed by atoms with E-state index < -0.39 is 4.92 Å². The molecule has 2 rings (SSSR count). The summed E-state index contributed by atoms with van der Waals surface area (Å²) in [4.78, 5) is 12.4. The highest BCUT2D eigenvalue weighted by Crippen LogP contribution is 2.36. The fourth-order valence-electron chi connectivity index (χ4n) is 1.73. The Bertz CT molecular complexity index is 447. The third-order valence-corrected chi connectivity index (χ3v) is 3.29. The van der Waals surface area contributed by atoms with Crippen molar-refractivity contribution in [1.29, 1.82) is 0 Å². The van der Waals surface area contributed by atoms with Crippen molar-refractivity contribution in [3.8, 4) is 0 Å². The van der Waals surface area contributed by atoms with E-state index >= 15 is 0 Å². The zero-order valence-electron chi connectivity index (χ0n) is 8.86. The summed E-state index contributed by atoms with van der Waals surface area (Å²) in [7, 11) is 0. The van der Waals surface area contributed by atoms with E-state index in [9.17, 15) is 10.1 Å². The summed E-state index contributed by atoms with van der Waals surface area (Å²) < 4.78 is 5.20. The maximum atomic E-state index is 11.0. The largest absolute Gasteiger partial charge is 0.378 e. The van der Waals surface area contributed by atoms with E-state index in [1.54, 1.807) is 0 Å². The number of morpholine rings is 1. The molecule has 1 saturated heterocycles. The highest BCUT2D eigenvalue weighted by atomic mass is 35.5. The fraction of sp³-hybridized carbons (Fsp3) is 0.400. The fourth-order valence-corrected chi connectivity index (χ4v) is 2.05. The number of nitro groups is 1. The standard InChI is InChI=1S/C10H10Cl2N2O3/c11-7-5-9(13-1-3-17-4-2-13)10(14(15)16)6-8(7)12/h5-6H,1-4H2. The van der Waals surface area contributed by atoms with Crippen molar-refractivity contribution in [1.82, 2.24) is 0 Å². The van der Waals surface area contributed by atoms with E-state index in [1.165, 1.54) is 12.1 Å². The number of nitro benzene ring substituents is 1. The summed E-state index contributed by atoms with van der Waals surface area (Å²) in [6.45, 7) is 2.33. The van der Waals surface area contributed by atoms with Gasteiger partial charge in [0.15, 0.2) is 0 Å². The van der Waals surface area contributed by atoms with Crippen LogP contribution in [-0.4, -0.2) is 31.2 Å². The summed E-state index contributed by atoms with van der Waals surface area (Å²) in [5.74, 6) is 0. The Hall–Kier alpha value is -1.04. The molecule has 0 radical (unpaired) electrons. The third-order valence-electron chi connectivity index (χ3n) is 2.57. The molecule has 0 amide bonds. The number of halogens is 2. The van der Waals surface area contributed by atoms with Gasteiger partial charge in [-0.15, -0.1) is 0 Å². The van der Waals surface area contributed by atoms with Crippen LogP contribution < -0.4 is 4.90 Å². The highest BCUT2D eigenvalue weighted by Gasteiger charge is 2.23. The third kappa shape index (κ3) is 2.62. The molecule has 0 bridgehead atoms. The first-order valence-corrected chi connectivity index (χ1v) is 5.81. The second-order valence-corrected chi connectivity index (χ2v) is 4.43. The van der Waals surface area contributed by atoms with Crippen LogP contribution >= 0.6 is 23.2 Å². The SMILES string of the molecule is O=[N+]([O-])c1cc(Cl)c(Cl)cc1N1CCOCC1. The van der Waals surface area contributed by atoms with Crippen LogP contribution in [0.2, 0.25) is 10.0 Å². The minimum Gasteiger partial charge on any atom is -0.378 e. The lowest BCUT2D eigenvalue weighted by atomic mass is 10.2. The molecule has 5 nitrogen and oxygen atoms in total. The maximum absolute atomic E-state index is 11.0. The first-order chi connectivity index (χ1) is 8.09. The molecule has 1 heterocycles. The quantitative estimate of drug-likeness (QED) is 0.616. The molecule has 1 aliphatic heterocycles. The van der Waals surface area contributed by atoms with Gasteiger partial charge in [-0.25, -0.2) is 0 Å². The molecular formula is C10H10Cl2N2O3. The number of hydrogen-bond acceptors (Lipinski definition) is 4. The van der Waals surface area contributed by atoms with Crippen LogP contribution in [0.5, 0.6) is 0 Å². The summed E-state index contributed by atoms with van der Waals surface area (Å²) in [6.07, 6.45) is 0. The predicted molar refractivity (Wildman–Crippen MR) is 66.1 cm³/mol. The first-order valence-electron chi connectivity index (χ1n) is 5.05. The minimum atomic E-state index is -0.451. The molecule has 0 N–H and O–H groups in total. The van der Waals surface area contributed by atoms with Crippen molar-refractivity contribution in [2.24, 2.45) is 0 Å². The molecule has 1 aromatic carbocycles. The molecule has 0 aromatic heterocycles. The summed E-state index contributed by atoms with van der Waals surface area (Å²) in [5, 5.41) is 11.5. The molecule has 92 valence electrons. The molecule has 7 heteroatoms. The van der Waals surface area contributed by atoms with E-state index in [-0.39, 0.29) is 10.7 Å². The van der Waals surface area contributed by atoms with E-state index in [1.807, 2.05) is 4.90 Å². The molecule has 0 atom stereocenters. The van der Waals surface area contributed by atoms with Crippen molar-refractivity contribution in [3.05, 3.63) is 32.3 Å². The van der Waals surface area contributed by atoms with Crippen LogP contribution in [0.1, 0.15) is 0 Å². The number of benzene rings is 1. The van der Waals surface area contributed by atoms with Gasteiger partial charge >= 0.3 is 0 Å². The Morgan fingerprint density at radius 1 is 1.24 bits per heavy atom. The molecule has 0 saturated carbocycles. The Balaban J connectivity index is 2.42. The average molecular weight is 277 g/mol. The van der Waals surface area contributed by atoms with Gasteiger partial charge in [0.25, 0.3) is 5.69 Å². The molecule has 1 aliphatic rings. The van der Waals surface area contributed by atoms with Crippen molar-refractivity contribution in [3.63, 3.8) is 0 Å². The van der Waals surface area contributed by atoms with E-state index in [2.05, 4.69) is 0 Å². The van der Waals surface area contributed by atoms with Crippen LogP contribution in [0.3, 0.4) is 0 Å². The van der Waals surface area contributed by atoms with Crippen molar-refractivity contribution in [2.75, 3.05) is 31.2 Å². The molecule has 17 heavy (non-hydrogen) atoms. The molecule has 0 unspecified atom stereocenters. The van der Waals surface area contributed by atoms with Crippen molar-refractivity contribution in [2.45, 2.75) is 0 Å². The average Bonchev–Trinajstić information content (AvgIpc) is 2.33. The summed E-state index contributed by atoms with van der Waals surface area (Å²) in [5.41, 5.74) is 0.467. The first kappa shape index (κ1) is 12.4. The van der Waals surface area contributed by atoms with Crippen molar-refractivity contribution < 1.29 is 9.66 Å². The van der Waals surface area contributed by atoms with Crippen molar-refractivity contribution >= 4 is 34.6 Å². The van der Waals surface area contributed by atoms with Gasteiger partial charge in [-0.05, 0) is 6.07 Å². The van der Waals surface area contributed by atoms with Crippen LogP contribution in [-0.2, 0) is 4.74 Å². The minimum absolute atomic E-state index is 0.0266. The van der Waals surface area contributed by atoms with Gasteiger partial charge in [0.1, 0.15) is 5.69 Å². The van der Waals surface area contributed by atoms with E-state index in [0.29, 0.717) is 37.0 Å². The van der Waals surface area contributed by atoms with Gasteiger partial charge in [0, 0.05) is 19.2 Å². The lowest BCUT2D eigenvalue weighted by molar-refractivity contribution is -0.384. The van der Waals surface area contributed by atoms with Crippen LogP contribution in [0.4, 0.5) is 11.4 Å². The predicted octanol–water partition coefficient (Wildman–Crippen LogP) is 2.74.